The number of aromatic hydroxyl groups is 1. The Labute approximate surface area is 154 Å². The Kier molecular flexibility index (Phi) is 4.22. The fraction of sp³-hybridized carbons (Fsp3) is 0.0476. The Hall–Kier alpha value is -3.80. The molecule has 0 aliphatic heterocycles. The standard InChI is InChI=1S/C21H16N2O4/c1-26-19-10-13(6-8-17(19)24)12-22-23-21(25)20-11-16-15-5-3-2-4-14(15)7-9-18(16)27-20/h2-12,24H,1H3,(H,23,25)/b22-12-. The third-order valence-corrected chi connectivity index (χ3v) is 4.23. The summed E-state index contributed by atoms with van der Waals surface area (Å²) in [5.74, 6) is 0.0988. The number of furan rings is 1. The largest absolute Gasteiger partial charge is 0.504 e. The minimum absolute atomic E-state index is 0.0354. The number of carbonyl (C=O) groups is 1. The maximum Gasteiger partial charge on any atom is 0.307 e. The first kappa shape index (κ1) is 16.7. The van der Waals surface area contributed by atoms with Crippen molar-refractivity contribution in [2.45, 2.75) is 0 Å². The predicted octanol–water partition coefficient (Wildman–Crippen LogP) is 4.06. The molecule has 6 heteroatoms. The van der Waals surface area contributed by atoms with Gasteiger partial charge in [0.15, 0.2) is 17.3 Å². The SMILES string of the molecule is COc1cc(/C=N\NC(=O)c2cc3c(ccc4ccccc43)o2)ccc1O. The van der Waals surface area contributed by atoms with Crippen molar-refractivity contribution < 1.29 is 19.1 Å². The Morgan fingerprint density at radius 3 is 2.81 bits per heavy atom. The van der Waals surface area contributed by atoms with Crippen LogP contribution in [0.15, 0.2) is 70.2 Å². The van der Waals surface area contributed by atoms with Gasteiger partial charge in [0, 0.05) is 5.39 Å². The van der Waals surface area contributed by atoms with Crippen molar-refractivity contribution in [2.24, 2.45) is 5.10 Å². The van der Waals surface area contributed by atoms with Crippen LogP contribution in [0.5, 0.6) is 11.5 Å². The van der Waals surface area contributed by atoms with Crippen molar-refractivity contribution in [2.75, 3.05) is 7.11 Å². The molecule has 0 fully saturated rings. The van der Waals surface area contributed by atoms with Gasteiger partial charge in [-0.3, -0.25) is 4.79 Å². The number of fused-ring (bicyclic) bond motifs is 3. The number of hydrazone groups is 1. The number of benzene rings is 3. The fourth-order valence-corrected chi connectivity index (χ4v) is 2.90. The van der Waals surface area contributed by atoms with Crippen molar-refractivity contribution in [1.82, 2.24) is 5.43 Å². The molecule has 0 aliphatic carbocycles. The van der Waals surface area contributed by atoms with Crippen molar-refractivity contribution in [3.05, 3.63) is 72.0 Å². The number of rotatable bonds is 4. The lowest BCUT2D eigenvalue weighted by Gasteiger charge is -2.03. The van der Waals surface area contributed by atoms with Gasteiger partial charge in [-0.05, 0) is 46.7 Å². The molecule has 0 saturated heterocycles. The molecular weight excluding hydrogens is 344 g/mol. The van der Waals surface area contributed by atoms with Crippen molar-refractivity contribution in [1.29, 1.82) is 0 Å². The van der Waals surface area contributed by atoms with E-state index in [-0.39, 0.29) is 11.5 Å². The number of methoxy groups -OCH3 is 1. The van der Waals surface area contributed by atoms with Crippen LogP contribution < -0.4 is 10.2 Å². The van der Waals surface area contributed by atoms with Crippen LogP contribution >= 0.6 is 0 Å². The number of hydrogen-bond acceptors (Lipinski definition) is 5. The van der Waals surface area contributed by atoms with E-state index in [1.165, 1.54) is 19.4 Å². The normalized spacial score (nSPS) is 11.3. The average Bonchev–Trinajstić information content (AvgIpc) is 3.14. The highest BCUT2D eigenvalue weighted by Crippen LogP contribution is 2.28. The van der Waals surface area contributed by atoms with Crippen LogP contribution in [-0.4, -0.2) is 24.3 Å². The second kappa shape index (κ2) is 6.84. The fourth-order valence-electron chi connectivity index (χ4n) is 2.90. The van der Waals surface area contributed by atoms with Gasteiger partial charge in [0.1, 0.15) is 5.58 Å². The highest BCUT2D eigenvalue weighted by Gasteiger charge is 2.13. The van der Waals surface area contributed by atoms with Crippen LogP contribution in [0.1, 0.15) is 16.1 Å². The van der Waals surface area contributed by atoms with Gasteiger partial charge in [-0.2, -0.15) is 5.10 Å². The van der Waals surface area contributed by atoms with E-state index in [0.717, 1.165) is 16.2 Å². The molecule has 0 bridgehead atoms. The molecule has 4 rings (SSSR count). The number of hydrogen-bond donors (Lipinski definition) is 2. The van der Waals surface area contributed by atoms with Gasteiger partial charge in [0.25, 0.3) is 0 Å². The number of ether oxygens (including phenoxy) is 1. The van der Waals surface area contributed by atoms with Crippen molar-refractivity contribution in [3.8, 4) is 11.5 Å². The second-order valence-corrected chi connectivity index (χ2v) is 5.94. The number of phenols is 1. The maximum atomic E-state index is 12.3. The van der Waals surface area contributed by atoms with E-state index >= 15 is 0 Å². The first-order valence-electron chi connectivity index (χ1n) is 8.27. The molecule has 4 aromatic rings. The summed E-state index contributed by atoms with van der Waals surface area (Å²) in [6.45, 7) is 0. The van der Waals surface area contributed by atoms with E-state index in [1.54, 1.807) is 18.2 Å². The van der Waals surface area contributed by atoms with Gasteiger partial charge < -0.3 is 14.3 Å². The average molecular weight is 360 g/mol. The second-order valence-electron chi connectivity index (χ2n) is 5.94. The molecule has 6 nitrogen and oxygen atoms in total. The van der Waals surface area contributed by atoms with Gasteiger partial charge in [-0.15, -0.1) is 0 Å². The number of amides is 1. The van der Waals surface area contributed by atoms with Crippen molar-refractivity contribution >= 4 is 33.9 Å². The molecule has 27 heavy (non-hydrogen) atoms. The summed E-state index contributed by atoms with van der Waals surface area (Å²) in [5.41, 5.74) is 3.75. The van der Waals surface area contributed by atoms with Gasteiger partial charge in [-0.25, -0.2) is 5.43 Å². The van der Waals surface area contributed by atoms with Gasteiger partial charge in [-0.1, -0.05) is 30.3 Å². The highest BCUT2D eigenvalue weighted by atomic mass is 16.5. The van der Waals surface area contributed by atoms with E-state index in [0.29, 0.717) is 16.9 Å². The van der Waals surface area contributed by atoms with E-state index in [9.17, 15) is 9.90 Å². The minimum atomic E-state index is -0.447. The van der Waals surface area contributed by atoms with Crippen molar-refractivity contribution in [3.63, 3.8) is 0 Å². The summed E-state index contributed by atoms with van der Waals surface area (Å²) < 4.78 is 10.7. The molecule has 0 spiro atoms. The topological polar surface area (TPSA) is 84.1 Å². The first-order chi connectivity index (χ1) is 13.2. The number of phenolic OH excluding ortho intramolecular Hbond substituents is 1. The maximum absolute atomic E-state index is 12.3. The molecule has 1 amide bonds. The van der Waals surface area contributed by atoms with Crippen LogP contribution in [-0.2, 0) is 0 Å². The molecule has 0 radical (unpaired) electrons. The Morgan fingerprint density at radius 2 is 1.96 bits per heavy atom. The summed E-state index contributed by atoms with van der Waals surface area (Å²) in [6.07, 6.45) is 1.46. The molecule has 0 saturated carbocycles. The molecule has 1 aromatic heterocycles. The Balaban J connectivity index is 1.55. The van der Waals surface area contributed by atoms with Gasteiger partial charge in [0.2, 0.25) is 0 Å². The van der Waals surface area contributed by atoms with Crippen LogP contribution in [0.25, 0.3) is 21.7 Å². The lowest BCUT2D eigenvalue weighted by Crippen LogP contribution is -2.16. The zero-order valence-corrected chi connectivity index (χ0v) is 14.5. The van der Waals surface area contributed by atoms with E-state index in [2.05, 4.69) is 10.5 Å². The summed E-state index contributed by atoms with van der Waals surface area (Å²) >= 11 is 0. The zero-order chi connectivity index (χ0) is 18.8. The monoisotopic (exact) mass is 360 g/mol. The Morgan fingerprint density at radius 1 is 1.11 bits per heavy atom. The zero-order valence-electron chi connectivity index (χ0n) is 14.5. The van der Waals surface area contributed by atoms with Crippen LogP contribution in [0, 0.1) is 0 Å². The van der Waals surface area contributed by atoms with E-state index in [4.69, 9.17) is 9.15 Å². The van der Waals surface area contributed by atoms with Crippen LogP contribution in [0.3, 0.4) is 0 Å². The molecule has 0 unspecified atom stereocenters. The summed E-state index contributed by atoms with van der Waals surface area (Å²) in [7, 11) is 1.46. The van der Waals surface area contributed by atoms with Crippen LogP contribution in [0.2, 0.25) is 0 Å². The molecule has 1 heterocycles. The van der Waals surface area contributed by atoms with E-state index in [1.807, 2.05) is 36.4 Å². The molecule has 2 N–H and O–H groups in total. The molecule has 134 valence electrons. The predicted molar refractivity (Wildman–Crippen MR) is 103 cm³/mol. The van der Waals surface area contributed by atoms with E-state index < -0.39 is 5.91 Å². The number of carbonyl (C=O) groups excluding carboxylic acids is 1. The van der Waals surface area contributed by atoms with Crippen LogP contribution in [0.4, 0.5) is 0 Å². The molecule has 0 aliphatic rings. The number of nitrogens with zero attached hydrogens (tertiary/aromatic N) is 1. The lowest BCUT2D eigenvalue weighted by molar-refractivity contribution is 0.0929. The smallest absolute Gasteiger partial charge is 0.307 e. The highest BCUT2D eigenvalue weighted by molar-refractivity contribution is 6.08. The summed E-state index contributed by atoms with van der Waals surface area (Å²) in [6, 6.07) is 18.2. The third kappa shape index (κ3) is 3.20. The molecular formula is C21H16N2O4. The van der Waals surface area contributed by atoms with Gasteiger partial charge in [0.05, 0.1) is 13.3 Å². The Bertz CT molecular complexity index is 1180. The quantitative estimate of drug-likeness (QED) is 0.424. The summed E-state index contributed by atoms with van der Waals surface area (Å²) in [4.78, 5) is 12.3. The first-order valence-corrected chi connectivity index (χ1v) is 8.27. The molecule has 3 aromatic carbocycles. The minimum Gasteiger partial charge on any atom is -0.504 e. The van der Waals surface area contributed by atoms with Gasteiger partial charge >= 0.3 is 5.91 Å². The third-order valence-electron chi connectivity index (χ3n) is 4.23. The lowest BCUT2D eigenvalue weighted by atomic mass is 10.1. The summed E-state index contributed by atoms with van der Waals surface area (Å²) in [5, 5.41) is 16.5. The molecule has 0 atom stereocenters. The number of nitrogens with one attached hydrogen (secondary N) is 1.